The first kappa shape index (κ1) is 15.9. The quantitative estimate of drug-likeness (QED) is 0.767. The van der Waals surface area contributed by atoms with Gasteiger partial charge in [0.2, 0.25) is 10.0 Å². The monoisotopic (exact) mass is 314 g/mol. The molecule has 1 aromatic heterocycles. The van der Waals surface area contributed by atoms with E-state index in [9.17, 15) is 18.3 Å². The van der Waals surface area contributed by atoms with Crippen LogP contribution in [-0.4, -0.2) is 49.5 Å². The highest BCUT2D eigenvalue weighted by atomic mass is 32.2. The largest absolute Gasteiger partial charge is 0.481 e. The van der Waals surface area contributed by atoms with Gasteiger partial charge in [0, 0.05) is 18.3 Å². The number of nitrogens with zero attached hydrogens (tertiary/aromatic N) is 1. The van der Waals surface area contributed by atoms with Crippen molar-refractivity contribution in [2.45, 2.75) is 19.4 Å². The van der Waals surface area contributed by atoms with E-state index in [4.69, 9.17) is 4.74 Å². The van der Waals surface area contributed by atoms with Crippen molar-refractivity contribution in [1.82, 2.24) is 9.71 Å². The number of hydrogen-bond acceptors (Lipinski definition) is 5. The molecule has 0 radical (unpaired) electrons. The van der Waals surface area contributed by atoms with E-state index in [0.717, 1.165) is 0 Å². The number of aliphatic carboxylic acids is 1. The molecule has 2 rings (SSSR count). The van der Waals surface area contributed by atoms with E-state index in [1.807, 2.05) is 0 Å². The topological polar surface area (TPSA) is 106 Å². The maximum absolute atomic E-state index is 12.1. The summed E-state index contributed by atoms with van der Waals surface area (Å²) in [7, 11) is -3.60. The molecule has 21 heavy (non-hydrogen) atoms. The maximum Gasteiger partial charge on any atom is 0.313 e. The third kappa shape index (κ3) is 3.78. The number of carbonyl (C=O) groups is 1. The summed E-state index contributed by atoms with van der Waals surface area (Å²) in [6.45, 7) is 1.54. The second-order valence-electron chi connectivity index (χ2n) is 5.30. The number of aromatic nitrogens is 1. The molecule has 1 aromatic rings. The second-order valence-corrected chi connectivity index (χ2v) is 7.17. The molecule has 1 fully saturated rings. The molecule has 1 aliphatic heterocycles. The molecule has 0 aromatic carbocycles. The van der Waals surface area contributed by atoms with Gasteiger partial charge in [-0.2, -0.15) is 0 Å². The molecule has 0 saturated carbocycles. The molecular weight excluding hydrogens is 296 g/mol. The lowest BCUT2D eigenvalue weighted by Gasteiger charge is -2.25. The van der Waals surface area contributed by atoms with Crippen LogP contribution < -0.4 is 4.72 Å². The fourth-order valence-electron chi connectivity index (χ4n) is 2.11. The number of sulfonamides is 1. The van der Waals surface area contributed by atoms with Crippen molar-refractivity contribution < 1.29 is 23.1 Å². The number of pyridine rings is 1. The van der Waals surface area contributed by atoms with Crippen LogP contribution in [0.3, 0.4) is 0 Å². The molecule has 7 nitrogen and oxygen atoms in total. The Hall–Kier alpha value is -1.51. The van der Waals surface area contributed by atoms with E-state index in [1.165, 1.54) is 6.92 Å². The Morgan fingerprint density at radius 3 is 2.95 bits per heavy atom. The summed E-state index contributed by atoms with van der Waals surface area (Å²) in [6.07, 6.45) is 1.87. The van der Waals surface area contributed by atoms with Crippen LogP contribution in [0.25, 0.3) is 0 Å². The van der Waals surface area contributed by atoms with E-state index in [2.05, 4.69) is 9.71 Å². The third-order valence-corrected chi connectivity index (χ3v) is 5.00. The van der Waals surface area contributed by atoms with Gasteiger partial charge in [0.25, 0.3) is 0 Å². The van der Waals surface area contributed by atoms with Crippen molar-refractivity contribution in [2.24, 2.45) is 5.41 Å². The first-order valence-electron chi connectivity index (χ1n) is 6.54. The fourth-order valence-corrected chi connectivity index (χ4v) is 3.47. The number of hydrogen-bond donors (Lipinski definition) is 2. The Labute approximate surface area is 123 Å². The predicted octanol–water partition coefficient (Wildman–Crippen LogP) is 0.0332. The van der Waals surface area contributed by atoms with E-state index < -0.39 is 27.4 Å². The lowest BCUT2D eigenvalue weighted by atomic mass is 9.86. The van der Waals surface area contributed by atoms with Crippen LogP contribution in [0.4, 0.5) is 0 Å². The van der Waals surface area contributed by atoms with Gasteiger partial charge in [-0.1, -0.05) is 6.07 Å². The molecule has 116 valence electrons. The molecule has 2 N–H and O–H groups in total. The molecular formula is C13H18N2O5S. The first-order valence-corrected chi connectivity index (χ1v) is 8.20. The Balaban J connectivity index is 1.99. The van der Waals surface area contributed by atoms with Crippen LogP contribution >= 0.6 is 0 Å². The zero-order chi connectivity index (χ0) is 15.5. The number of nitrogens with one attached hydrogen (secondary N) is 1. The molecule has 1 saturated heterocycles. The molecule has 0 spiro atoms. The molecule has 0 bridgehead atoms. The van der Waals surface area contributed by atoms with E-state index in [-0.39, 0.29) is 25.4 Å². The van der Waals surface area contributed by atoms with Gasteiger partial charge in [0.05, 0.1) is 25.0 Å². The highest BCUT2D eigenvalue weighted by Crippen LogP contribution is 2.29. The third-order valence-electron chi connectivity index (χ3n) is 3.62. The molecule has 2 atom stereocenters. The summed E-state index contributed by atoms with van der Waals surface area (Å²) in [6, 6.07) is 4.53. The van der Waals surface area contributed by atoms with Gasteiger partial charge < -0.3 is 9.84 Å². The smallest absolute Gasteiger partial charge is 0.313 e. The molecule has 0 amide bonds. The summed E-state index contributed by atoms with van der Waals surface area (Å²) < 4.78 is 31.7. The van der Waals surface area contributed by atoms with Crippen molar-refractivity contribution in [3.63, 3.8) is 0 Å². The molecule has 0 aliphatic carbocycles. The van der Waals surface area contributed by atoms with Gasteiger partial charge in [-0.05, 0) is 19.1 Å². The average Bonchev–Trinajstić information content (AvgIpc) is 2.80. The van der Waals surface area contributed by atoms with Crippen LogP contribution in [0.5, 0.6) is 0 Å². The van der Waals surface area contributed by atoms with Gasteiger partial charge in [0.1, 0.15) is 5.41 Å². The number of aryl methyl sites for hydroxylation is 1. The zero-order valence-corrected chi connectivity index (χ0v) is 12.5. The minimum Gasteiger partial charge on any atom is -0.481 e. The molecule has 2 heterocycles. The lowest BCUT2D eigenvalue weighted by Crippen LogP contribution is -2.50. The average molecular weight is 314 g/mol. The van der Waals surface area contributed by atoms with Crippen molar-refractivity contribution in [3.05, 3.63) is 30.1 Å². The number of carboxylic acids is 1. The number of ether oxygens (including phenoxy) is 1. The SMILES string of the molecule is CC1(C(=O)O)COCC1NS(=O)(=O)CCc1ccccn1. The van der Waals surface area contributed by atoms with Crippen LogP contribution in [0.15, 0.2) is 24.4 Å². The lowest BCUT2D eigenvalue weighted by molar-refractivity contribution is -0.148. The highest BCUT2D eigenvalue weighted by molar-refractivity contribution is 7.89. The van der Waals surface area contributed by atoms with E-state index in [1.54, 1.807) is 24.4 Å². The van der Waals surface area contributed by atoms with Crippen LogP contribution in [0.2, 0.25) is 0 Å². The van der Waals surface area contributed by atoms with Crippen LogP contribution in [0.1, 0.15) is 12.6 Å². The number of carboxylic acid groups (broad SMARTS) is 1. The Morgan fingerprint density at radius 2 is 2.33 bits per heavy atom. The van der Waals surface area contributed by atoms with E-state index >= 15 is 0 Å². The standard InChI is InChI=1S/C13H18N2O5S/c1-13(12(16)17)9-20-8-11(13)15-21(18,19)7-5-10-4-2-3-6-14-10/h2-4,6,11,15H,5,7-9H2,1H3,(H,16,17). The van der Waals surface area contributed by atoms with Crippen molar-refractivity contribution in [3.8, 4) is 0 Å². The summed E-state index contributed by atoms with van der Waals surface area (Å²) in [5, 5.41) is 9.22. The van der Waals surface area contributed by atoms with Crippen molar-refractivity contribution >= 4 is 16.0 Å². The minimum absolute atomic E-state index is 0.00421. The Morgan fingerprint density at radius 1 is 1.57 bits per heavy atom. The van der Waals surface area contributed by atoms with E-state index in [0.29, 0.717) is 5.69 Å². The first-order chi connectivity index (χ1) is 9.83. The summed E-state index contributed by atoms with van der Waals surface area (Å²) >= 11 is 0. The van der Waals surface area contributed by atoms with Crippen LogP contribution in [-0.2, 0) is 26.0 Å². The van der Waals surface area contributed by atoms with Gasteiger partial charge in [-0.3, -0.25) is 9.78 Å². The second kappa shape index (κ2) is 6.08. The fraction of sp³-hybridized carbons (Fsp3) is 0.538. The normalized spacial score (nSPS) is 25.9. The van der Waals surface area contributed by atoms with Crippen molar-refractivity contribution in [2.75, 3.05) is 19.0 Å². The van der Waals surface area contributed by atoms with Gasteiger partial charge >= 0.3 is 5.97 Å². The Kier molecular flexibility index (Phi) is 4.60. The zero-order valence-electron chi connectivity index (χ0n) is 11.7. The highest BCUT2D eigenvalue weighted by Gasteiger charge is 2.48. The van der Waals surface area contributed by atoms with Crippen LogP contribution in [0, 0.1) is 5.41 Å². The predicted molar refractivity (Wildman–Crippen MR) is 75.2 cm³/mol. The van der Waals surface area contributed by atoms with Gasteiger partial charge in [-0.25, -0.2) is 13.1 Å². The summed E-state index contributed by atoms with van der Waals surface area (Å²) in [5.41, 5.74) is -0.565. The summed E-state index contributed by atoms with van der Waals surface area (Å²) in [4.78, 5) is 15.3. The molecule has 1 aliphatic rings. The minimum atomic E-state index is -3.60. The summed E-state index contributed by atoms with van der Waals surface area (Å²) in [5.74, 6) is -1.21. The van der Waals surface area contributed by atoms with Gasteiger partial charge in [-0.15, -0.1) is 0 Å². The van der Waals surface area contributed by atoms with Gasteiger partial charge in [0.15, 0.2) is 0 Å². The molecule has 8 heteroatoms. The van der Waals surface area contributed by atoms with Crippen molar-refractivity contribution in [1.29, 1.82) is 0 Å². The maximum atomic E-state index is 12.1. The molecule has 2 unspecified atom stereocenters. The Bertz CT molecular complexity index is 604. The number of rotatable bonds is 6.